The van der Waals surface area contributed by atoms with Crippen LogP contribution < -0.4 is 11.3 Å². The predicted octanol–water partition coefficient (Wildman–Crippen LogP) is 4.60. The Morgan fingerprint density at radius 1 is 1.19 bits per heavy atom. The van der Waals surface area contributed by atoms with Crippen LogP contribution in [0.4, 0.5) is 4.39 Å². The molecule has 1 atom stereocenters. The van der Waals surface area contributed by atoms with Gasteiger partial charge in [-0.15, -0.1) is 0 Å². The molecule has 0 saturated carbocycles. The van der Waals surface area contributed by atoms with E-state index in [4.69, 9.17) is 10.7 Å². The van der Waals surface area contributed by atoms with Gasteiger partial charge in [0.2, 0.25) is 0 Å². The van der Waals surface area contributed by atoms with E-state index in [0.717, 1.165) is 5.56 Å². The third kappa shape index (κ3) is 5.22. The maximum Gasteiger partial charge on any atom is 0.264 e. The van der Waals surface area contributed by atoms with Gasteiger partial charge in [-0.3, -0.25) is 14.2 Å². The van der Waals surface area contributed by atoms with Crippen molar-refractivity contribution in [2.45, 2.75) is 46.2 Å². The Labute approximate surface area is 213 Å². The minimum absolute atomic E-state index is 0.129. The molecule has 0 aliphatic heterocycles. The van der Waals surface area contributed by atoms with E-state index >= 15 is 0 Å². The molecule has 0 fully saturated rings. The van der Waals surface area contributed by atoms with Crippen LogP contribution in [0.25, 0.3) is 10.2 Å². The maximum absolute atomic E-state index is 14.0. The number of halogens is 1. The Hall–Kier alpha value is -3.43. The van der Waals surface area contributed by atoms with E-state index in [1.807, 2.05) is 38.1 Å². The lowest BCUT2D eigenvalue weighted by Crippen LogP contribution is -2.40. The van der Waals surface area contributed by atoms with Gasteiger partial charge in [0.1, 0.15) is 11.6 Å². The van der Waals surface area contributed by atoms with Crippen LogP contribution in [-0.4, -0.2) is 37.8 Å². The first kappa shape index (κ1) is 25.7. The zero-order valence-corrected chi connectivity index (χ0v) is 21.5. The van der Waals surface area contributed by atoms with Crippen LogP contribution in [0.3, 0.4) is 0 Å². The Kier molecular flexibility index (Phi) is 7.91. The van der Waals surface area contributed by atoms with Gasteiger partial charge in [0, 0.05) is 12.1 Å². The number of aromatic nitrogens is 3. The molecule has 0 spiro atoms. The van der Waals surface area contributed by atoms with Crippen molar-refractivity contribution in [2.75, 3.05) is 13.1 Å². The highest BCUT2D eigenvalue weighted by Crippen LogP contribution is 2.28. The zero-order chi connectivity index (χ0) is 25.8. The number of benzene rings is 2. The topological polar surface area (TPSA) is 94.1 Å². The first-order valence-electron chi connectivity index (χ1n) is 12.0. The van der Waals surface area contributed by atoms with Crippen molar-refractivity contribution < 1.29 is 9.18 Å². The molecule has 4 rings (SSSR count). The van der Waals surface area contributed by atoms with E-state index in [0.29, 0.717) is 58.8 Å². The fourth-order valence-corrected chi connectivity index (χ4v) is 5.15. The summed E-state index contributed by atoms with van der Waals surface area (Å²) in [6.07, 6.45) is 1.13. The van der Waals surface area contributed by atoms with Gasteiger partial charge >= 0.3 is 0 Å². The van der Waals surface area contributed by atoms with Gasteiger partial charge < -0.3 is 10.6 Å². The molecule has 2 heterocycles. The quantitative estimate of drug-likeness (QED) is 0.357. The average Bonchev–Trinajstić information content (AvgIpc) is 3.24. The van der Waals surface area contributed by atoms with Crippen LogP contribution in [0.5, 0.6) is 0 Å². The Balaban J connectivity index is 1.87. The lowest BCUT2D eigenvalue weighted by atomic mass is 10.1. The minimum atomic E-state index is -0.488. The summed E-state index contributed by atoms with van der Waals surface area (Å²) in [5, 5.41) is 0.452. The fourth-order valence-electron chi connectivity index (χ4n) is 4.37. The Bertz CT molecular complexity index is 1430. The van der Waals surface area contributed by atoms with Gasteiger partial charge in [0.25, 0.3) is 11.5 Å². The summed E-state index contributed by atoms with van der Waals surface area (Å²) in [5.41, 5.74) is 8.43. The van der Waals surface area contributed by atoms with Gasteiger partial charge in [0.05, 0.1) is 23.7 Å². The van der Waals surface area contributed by atoms with Gasteiger partial charge in [0.15, 0.2) is 4.83 Å². The van der Waals surface area contributed by atoms with E-state index in [2.05, 4.69) is 4.37 Å². The Morgan fingerprint density at radius 2 is 1.94 bits per heavy atom. The number of carbonyl (C=O) groups excluding carboxylic acids is 1. The van der Waals surface area contributed by atoms with Crippen LogP contribution in [0, 0.1) is 19.7 Å². The van der Waals surface area contributed by atoms with Crippen LogP contribution in [0.15, 0.2) is 53.3 Å². The summed E-state index contributed by atoms with van der Waals surface area (Å²) in [7, 11) is 0. The van der Waals surface area contributed by atoms with Crippen molar-refractivity contribution in [3.8, 4) is 0 Å². The molecule has 2 N–H and O–H groups in total. The smallest absolute Gasteiger partial charge is 0.264 e. The van der Waals surface area contributed by atoms with Crippen LogP contribution in [0.1, 0.15) is 58.8 Å². The number of hydrogen-bond donors (Lipinski definition) is 1. The number of hydrogen-bond acceptors (Lipinski definition) is 6. The molecule has 36 heavy (non-hydrogen) atoms. The fraction of sp³-hybridized carbons (Fsp3) is 0.333. The van der Waals surface area contributed by atoms with Crippen molar-refractivity contribution in [3.05, 3.63) is 92.9 Å². The molecule has 188 valence electrons. The van der Waals surface area contributed by atoms with E-state index in [1.54, 1.807) is 28.5 Å². The third-order valence-corrected chi connectivity index (χ3v) is 7.08. The summed E-state index contributed by atoms with van der Waals surface area (Å²) >= 11 is 1.17. The number of aryl methyl sites for hydroxylation is 2. The van der Waals surface area contributed by atoms with Crippen molar-refractivity contribution in [3.63, 3.8) is 0 Å². The number of amides is 1. The highest BCUT2D eigenvalue weighted by molar-refractivity contribution is 7.12. The summed E-state index contributed by atoms with van der Waals surface area (Å²) in [6, 6.07) is 13.1. The SMILES string of the molecule is CC[C@@H](c1nc2snc(C)c2c(=O)n1Cc1cccc(F)c1)N(CCCN)C(=O)c1ccc(C)cc1. The summed E-state index contributed by atoms with van der Waals surface area (Å²) in [4.78, 5) is 34.6. The molecular formula is C27H30FN5O2S. The lowest BCUT2D eigenvalue weighted by molar-refractivity contribution is 0.0656. The molecule has 9 heteroatoms. The number of carbonyl (C=O) groups is 1. The molecular weight excluding hydrogens is 477 g/mol. The molecule has 0 saturated heterocycles. The molecule has 2 aromatic heterocycles. The lowest BCUT2D eigenvalue weighted by Gasteiger charge is -2.32. The minimum Gasteiger partial charge on any atom is -0.330 e. The molecule has 4 aromatic rings. The number of fused-ring (bicyclic) bond motifs is 1. The van der Waals surface area contributed by atoms with Crippen LogP contribution in [-0.2, 0) is 6.54 Å². The molecule has 0 aliphatic rings. The summed E-state index contributed by atoms with van der Waals surface area (Å²) in [6.45, 7) is 6.67. The molecule has 1 amide bonds. The van der Waals surface area contributed by atoms with E-state index in [-0.39, 0.29) is 23.8 Å². The van der Waals surface area contributed by atoms with Gasteiger partial charge in [-0.05, 0) is 74.6 Å². The second-order valence-corrected chi connectivity index (χ2v) is 9.62. The highest BCUT2D eigenvalue weighted by atomic mass is 32.1. The predicted molar refractivity (Wildman–Crippen MR) is 141 cm³/mol. The number of nitrogens with zero attached hydrogens (tertiary/aromatic N) is 4. The first-order valence-corrected chi connectivity index (χ1v) is 12.8. The largest absolute Gasteiger partial charge is 0.330 e. The van der Waals surface area contributed by atoms with Crippen LogP contribution in [0.2, 0.25) is 0 Å². The van der Waals surface area contributed by atoms with Crippen molar-refractivity contribution in [2.24, 2.45) is 5.73 Å². The van der Waals surface area contributed by atoms with Crippen molar-refractivity contribution in [1.82, 2.24) is 18.8 Å². The van der Waals surface area contributed by atoms with E-state index < -0.39 is 6.04 Å². The molecule has 0 unspecified atom stereocenters. The van der Waals surface area contributed by atoms with Gasteiger partial charge in [-0.25, -0.2) is 9.37 Å². The highest BCUT2D eigenvalue weighted by Gasteiger charge is 2.30. The summed E-state index contributed by atoms with van der Waals surface area (Å²) < 4.78 is 19.9. The monoisotopic (exact) mass is 507 g/mol. The number of nitrogens with two attached hydrogens (primary N) is 1. The molecule has 0 bridgehead atoms. The van der Waals surface area contributed by atoms with Crippen LogP contribution >= 0.6 is 11.5 Å². The molecule has 2 aromatic carbocycles. The van der Waals surface area contributed by atoms with Crippen molar-refractivity contribution in [1.29, 1.82) is 0 Å². The summed E-state index contributed by atoms with van der Waals surface area (Å²) in [5.74, 6) is -0.0708. The number of rotatable bonds is 9. The molecule has 0 radical (unpaired) electrons. The zero-order valence-electron chi connectivity index (χ0n) is 20.7. The maximum atomic E-state index is 14.0. The normalized spacial score (nSPS) is 12.1. The molecule has 0 aliphatic carbocycles. The third-order valence-electron chi connectivity index (χ3n) is 6.25. The van der Waals surface area contributed by atoms with Gasteiger partial charge in [-0.2, -0.15) is 4.37 Å². The second kappa shape index (κ2) is 11.1. The van der Waals surface area contributed by atoms with E-state index in [1.165, 1.54) is 23.7 Å². The van der Waals surface area contributed by atoms with Crippen molar-refractivity contribution >= 4 is 27.7 Å². The first-order chi connectivity index (χ1) is 17.3. The van der Waals surface area contributed by atoms with Gasteiger partial charge in [-0.1, -0.05) is 36.8 Å². The molecule has 7 nitrogen and oxygen atoms in total. The standard InChI is InChI=1S/C27H30FN5O2S/c1-4-22(32(14-6-13-29)26(34)20-11-9-17(2)10-12-20)24-30-25-23(18(3)31-36-25)27(35)33(24)16-19-7-5-8-21(28)15-19/h5,7-12,15,22H,4,6,13-14,16,29H2,1-3H3/t22-/m0/s1. The average molecular weight is 508 g/mol. The van der Waals surface area contributed by atoms with E-state index in [9.17, 15) is 14.0 Å². The second-order valence-electron chi connectivity index (χ2n) is 8.87. The Morgan fingerprint density at radius 3 is 2.61 bits per heavy atom.